The van der Waals surface area contributed by atoms with Crippen LogP contribution in [0.3, 0.4) is 0 Å². The van der Waals surface area contributed by atoms with E-state index in [4.69, 9.17) is 10.6 Å². The van der Waals surface area contributed by atoms with Gasteiger partial charge in [-0.05, 0) is 54.2 Å². The fourth-order valence-electron chi connectivity index (χ4n) is 3.29. The maximum absolute atomic E-state index is 11.5. The Bertz CT molecular complexity index is 1120. The van der Waals surface area contributed by atoms with E-state index in [-0.39, 0.29) is 4.90 Å². The summed E-state index contributed by atoms with van der Waals surface area (Å²) in [5.74, 6) is 6.44. The molecule has 152 valence electrons. The number of hydrogen-bond donors (Lipinski definition) is 2. The first kappa shape index (κ1) is 21.3. The lowest BCUT2D eigenvalue weighted by molar-refractivity contribution is -0.650. The first-order valence-corrected chi connectivity index (χ1v) is 11.1. The van der Waals surface area contributed by atoms with Crippen molar-refractivity contribution in [2.45, 2.75) is 31.8 Å². The van der Waals surface area contributed by atoms with Gasteiger partial charge in [-0.15, -0.1) is 0 Å². The van der Waals surface area contributed by atoms with Crippen LogP contribution in [-0.2, 0) is 23.1 Å². The van der Waals surface area contributed by atoms with Crippen LogP contribution in [0.15, 0.2) is 64.2 Å². The third kappa shape index (κ3) is 5.14. The summed E-state index contributed by atoms with van der Waals surface area (Å²) in [4.78, 5) is -0.0142. The molecule has 1 heterocycles. The van der Waals surface area contributed by atoms with E-state index in [0.29, 0.717) is 34.5 Å². The number of aryl methyl sites for hydroxylation is 2. The average molecular weight is 478 g/mol. The minimum absolute atomic E-state index is 0.0142. The lowest BCUT2D eigenvalue weighted by atomic mass is 10.00. The zero-order valence-corrected chi connectivity index (χ0v) is 18.5. The van der Waals surface area contributed by atoms with Crippen LogP contribution in [0.5, 0.6) is 5.75 Å². The summed E-state index contributed by atoms with van der Waals surface area (Å²) in [7, 11) is -4.22. The largest absolute Gasteiger partial charge is 0.482 e. The molecule has 0 bridgehead atoms. The Hall–Kier alpha value is -2.42. The summed E-state index contributed by atoms with van der Waals surface area (Å²) in [6, 6.07) is 15.3. The van der Waals surface area contributed by atoms with Crippen molar-refractivity contribution in [2.24, 2.45) is 0 Å². The molecule has 1 aromatic heterocycles. The smallest absolute Gasteiger partial charge is 0.318 e. The molecule has 3 aromatic rings. The molecule has 0 aliphatic heterocycles. The van der Waals surface area contributed by atoms with Crippen LogP contribution in [0.25, 0.3) is 0 Å². The minimum atomic E-state index is -4.22. The molecule has 29 heavy (non-hydrogen) atoms. The van der Waals surface area contributed by atoms with Crippen molar-refractivity contribution in [3.05, 3.63) is 87.1 Å². The van der Waals surface area contributed by atoms with Crippen molar-refractivity contribution >= 4 is 26.0 Å². The topological polar surface area (TPSA) is 93.5 Å². The molecule has 0 aliphatic rings. The molecule has 0 atom stereocenters. The Morgan fingerprint density at radius 2 is 1.62 bits per heavy atom. The summed E-state index contributed by atoms with van der Waals surface area (Å²) in [5, 5.41) is 0. The number of hydrogen-bond acceptors (Lipinski definition) is 4. The third-order valence-electron chi connectivity index (χ3n) is 4.53. The molecule has 3 rings (SSSR count). The van der Waals surface area contributed by atoms with Gasteiger partial charge in [-0.25, -0.2) is 5.84 Å². The zero-order chi connectivity index (χ0) is 21.2. The fraction of sp³-hybridized carbons (Fsp3) is 0.190. The number of nitrogen functional groups attached to an aromatic ring is 1. The van der Waals surface area contributed by atoms with E-state index in [1.807, 2.05) is 30.3 Å². The summed E-state index contributed by atoms with van der Waals surface area (Å²) in [6.07, 6.45) is 2.38. The second kappa shape index (κ2) is 8.52. The van der Waals surface area contributed by atoms with Crippen LogP contribution >= 0.6 is 15.9 Å². The third-order valence-corrected chi connectivity index (χ3v) is 6.49. The second-order valence-electron chi connectivity index (χ2n) is 6.89. The summed E-state index contributed by atoms with van der Waals surface area (Å²) in [6.45, 7) is 3.78. The van der Waals surface area contributed by atoms with E-state index in [9.17, 15) is 13.0 Å². The molecule has 0 aliphatic carbocycles. The zero-order valence-electron chi connectivity index (χ0n) is 16.1. The predicted molar refractivity (Wildman–Crippen MR) is 114 cm³/mol. The van der Waals surface area contributed by atoms with E-state index in [2.05, 4.69) is 15.9 Å². The van der Waals surface area contributed by atoms with Gasteiger partial charge >= 0.3 is 4.60 Å². The Labute approximate surface area is 178 Å². The number of rotatable bonds is 6. The van der Waals surface area contributed by atoms with E-state index >= 15 is 0 Å². The van der Waals surface area contributed by atoms with Gasteiger partial charge in [-0.1, -0.05) is 41.1 Å². The van der Waals surface area contributed by atoms with Gasteiger partial charge in [0.25, 0.3) is 10.1 Å². The Balaban J connectivity index is 1.70. The van der Waals surface area contributed by atoms with Gasteiger partial charge in [0.1, 0.15) is 6.61 Å². The molecule has 0 unspecified atom stereocenters. The van der Waals surface area contributed by atoms with Crippen LogP contribution in [0, 0.1) is 13.8 Å². The molecular formula is C21H22BrN2O4S+. The molecule has 2 aromatic carbocycles. The van der Waals surface area contributed by atoms with Gasteiger partial charge in [0.05, 0.1) is 4.90 Å². The highest BCUT2D eigenvalue weighted by atomic mass is 79.9. The molecule has 0 fully saturated rings. The predicted octanol–water partition coefficient (Wildman–Crippen LogP) is 3.48. The van der Waals surface area contributed by atoms with Crippen molar-refractivity contribution in [2.75, 3.05) is 5.84 Å². The van der Waals surface area contributed by atoms with E-state index in [1.165, 1.54) is 4.68 Å². The Morgan fingerprint density at radius 1 is 1.03 bits per heavy atom. The van der Waals surface area contributed by atoms with Crippen molar-refractivity contribution < 1.29 is 22.4 Å². The number of aromatic nitrogens is 1. The number of nitrogens with zero attached hydrogens (tertiary/aromatic N) is 1. The van der Waals surface area contributed by atoms with Gasteiger partial charge in [0.2, 0.25) is 11.9 Å². The lowest BCUT2D eigenvalue weighted by Gasteiger charge is -2.11. The Morgan fingerprint density at radius 3 is 2.21 bits per heavy atom. The highest BCUT2D eigenvalue weighted by Gasteiger charge is 2.17. The normalized spacial score (nSPS) is 11.4. The standard InChI is InChI=1S/C21H21BrN2O4S/c1-14-10-18(11-15(2)20(14)29(25,26)27)12-16-5-7-17(8-6-16)13-28-19-4-3-9-24(23)21(19)22/h3-11H,12-13,23H2,1-2H3/p+1. The van der Waals surface area contributed by atoms with Gasteiger partial charge < -0.3 is 4.74 Å². The number of nitrogens with two attached hydrogens (primary N) is 1. The van der Waals surface area contributed by atoms with Gasteiger partial charge in [-0.2, -0.15) is 8.42 Å². The summed E-state index contributed by atoms with van der Waals surface area (Å²) < 4.78 is 40.3. The molecule has 0 saturated carbocycles. The number of benzene rings is 2. The molecule has 0 amide bonds. The van der Waals surface area contributed by atoms with Crippen LogP contribution < -0.4 is 15.3 Å². The van der Waals surface area contributed by atoms with Crippen LogP contribution in [-0.4, -0.2) is 13.0 Å². The maximum atomic E-state index is 11.5. The van der Waals surface area contributed by atoms with Crippen LogP contribution in [0.2, 0.25) is 0 Å². The summed E-state index contributed by atoms with van der Waals surface area (Å²) >= 11 is 3.39. The quantitative estimate of drug-likeness (QED) is 0.245. The first-order chi connectivity index (χ1) is 13.6. The fourth-order valence-corrected chi connectivity index (χ4v) is 4.59. The molecule has 8 heteroatoms. The average Bonchev–Trinajstić information content (AvgIpc) is 2.62. The van der Waals surface area contributed by atoms with Crippen molar-refractivity contribution in [1.29, 1.82) is 0 Å². The highest BCUT2D eigenvalue weighted by molar-refractivity contribution is 9.10. The van der Waals surface area contributed by atoms with Crippen LogP contribution in [0.1, 0.15) is 27.8 Å². The Kier molecular flexibility index (Phi) is 6.26. The van der Waals surface area contributed by atoms with Crippen molar-refractivity contribution in [3.8, 4) is 5.75 Å². The van der Waals surface area contributed by atoms with E-state index in [1.54, 1.807) is 38.2 Å². The molecular weight excluding hydrogens is 456 g/mol. The van der Waals surface area contributed by atoms with Crippen molar-refractivity contribution in [1.82, 2.24) is 0 Å². The summed E-state index contributed by atoms with van der Waals surface area (Å²) in [5.41, 5.74) is 4.17. The van der Waals surface area contributed by atoms with Gasteiger partial charge in [0, 0.05) is 22.0 Å². The van der Waals surface area contributed by atoms with Gasteiger partial charge in [-0.3, -0.25) is 4.55 Å². The van der Waals surface area contributed by atoms with E-state index in [0.717, 1.165) is 16.7 Å². The monoisotopic (exact) mass is 477 g/mol. The minimum Gasteiger partial charge on any atom is -0.482 e. The number of pyridine rings is 1. The highest BCUT2D eigenvalue weighted by Crippen LogP contribution is 2.24. The lowest BCUT2D eigenvalue weighted by Crippen LogP contribution is -2.45. The van der Waals surface area contributed by atoms with Crippen LogP contribution in [0.4, 0.5) is 0 Å². The molecule has 3 N–H and O–H groups in total. The molecule has 0 saturated heterocycles. The second-order valence-corrected chi connectivity index (χ2v) is 9.00. The molecule has 0 radical (unpaired) electrons. The van der Waals surface area contributed by atoms with Gasteiger partial charge in [0.15, 0.2) is 0 Å². The van der Waals surface area contributed by atoms with Crippen molar-refractivity contribution in [3.63, 3.8) is 0 Å². The maximum Gasteiger partial charge on any atom is 0.318 e. The van der Waals surface area contributed by atoms with E-state index < -0.39 is 10.1 Å². The first-order valence-electron chi connectivity index (χ1n) is 8.88. The number of halogens is 1. The molecule has 0 spiro atoms. The SMILES string of the molecule is Cc1cc(Cc2ccc(COc3ccc[n+](N)c3Br)cc2)cc(C)c1S(=O)(=O)O. The molecule has 6 nitrogen and oxygen atoms in total. The number of ether oxygens (including phenoxy) is 1.